The minimum absolute atomic E-state index is 0.00796. The second-order valence-electron chi connectivity index (χ2n) is 4.80. The number of carbonyl (C=O) groups is 1. The van der Waals surface area contributed by atoms with E-state index in [4.69, 9.17) is 9.47 Å². The average Bonchev–Trinajstić information content (AvgIpc) is 2.54. The lowest BCUT2D eigenvalue weighted by Gasteiger charge is -2.19. The van der Waals surface area contributed by atoms with Gasteiger partial charge < -0.3 is 9.47 Å². The Morgan fingerprint density at radius 3 is 2.70 bits per heavy atom. The Morgan fingerprint density at radius 2 is 1.95 bits per heavy atom. The number of ketones is 1. The molecule has 20 heavy (non-hydrogen) atoms. The topological polar surface area (TPSA) is 35.5 Å². The number of hydrogen-bond acceptors (Lipinski definition) is 3. The van der Waals surface area contributed by atoms with Crippen molar-refractivity contribution in [3.63, 3.8) is 0 Å². The summed E-state index contributed by atoms with van der Waals surface area (Å²) < 4.78 is 10.8. The first-order chi connectivity index (χ1) is 9.79. The van der Waals surface area contributed by atoms with Crippen molar-refractivity contribution < 1.29 is 14.3 Å². The first-order valence-electron chi connectivity index (χ1n) is 6.73. The van der Waals surface area contributed by atoms with Gasteiger partial charge in [-0.25, -0.2) is 0 Å². The number of hydrogen-bond donors (Lipinski definition) is 0. The molecule has 0 spiro atoms. The van der Waals surface area contributed by atoms with Crippen molar-refractivity contribution in [2.24, 2.45) is 0 Å². The summed E-state index contributed by atoms with van der Waals surface area (Å²) in [6.45, 7) is 0.680. The van der Waals surface area contributed by atoms with Crippen molar-refractivity contribution in [3.05, 3.63) is 59.2 Å². The summed E-state index contributed by atoms with van der Waals surface area (Å²) in [4.78, 5) is 12.6. The van der Waals surface area contributed by atoms with Gasteiger partial charge in [-0.1, -0.05) is 12.1 Å². The van der Waals surface area contributed by atoms with E-state index in [9.17, 15) is 4.79 Å². The zero-order chi connectivity index (χ0) is 13.9. The van der Waals surface area contributed by atoms with Crippen molar-refractivity contribution >= 4 is 5.78 Å². The Balaban J connectivity index is 1.97. The van der Waals surface area contributed by atoms with Crippen LogP contribution in [-0.4, -0.2) is 19.5 Å². The smallest absolute Gasteiger partial charge is 0.196 e. The summed E-state index contributed by atoms with van der Waals surface area (Å²) in [5, 5.41) is 0. The highest BCUT2D eigenvalue weighted by Gasteiger charge is 2.20. The van der Waals surface area contributed by atoms with Gasteiger partial charge in [0.1, 0.15) is 11.5 Å². The molecule has 3 heteroatoms. The van der Waals surface area contributed by atoms with E-state index in [-0.39, 0.29) is 5.78 Å². The third-order valence-corrected chi connectivity index (χ3v) is 3.53. The van der Waals surface area contributed by atoms with Crippen molar-refractivity contribution in [3.8, 4) is 11.5 Å². The maximum Gasteiger partial charge on any atom is 0.196 e. The van der Waals surface area contributed by atoms with Crippen LogP contribution >= 0.6 is 0 Å². The summed E-state index contributed by atoms with van der Waals surface area (Å²) in [6.07, 6.45) is 1.98. The van der Waals surface area contributed by atoms with Gasteiger partial charge in [0.05, 0.1) is 19.3 Å². The number of aryl methyl sites for hydroxylation is 1. The van der Waals surface area contributed by atoms with Crippen LogP contribution < -0.4 is 9.47 Å². The minimum Gasteiger partial charge on any atom is -0.497 e. The summed E-state index contributed by atoms with van der Waals surface area (Å²) in [5.74, 6) is 1.49. The molecule has 1 aliphatic rings. The lowest BCUT2D eigenvalue weighted by atomic mass is 9.97. The predicted octanol–water partition coefficient (Wildman–Crippen LogP) is 3.25. The van der Waals surface area contributed by atoms with Crippen molar-refractivity contribution in [2.75, 3.05) is 13.7 Å². The number of carbonyl (C=O) groups excluding carboxylic acids is 1. The first kappa shape index (κ1) is 12.7. The molecule has 2 aromatic rings. The molecule has 0 saturated carbocycles. The molecule has 2 aromatic carbocycles. The molecule has 102 valence electrons. The zero-order valence-electron chi connectivity index (χ0n) is 11.4. The molecule has 0 saturated heterocycles. The molecule has 0 unspecified atom stereocenters. The van der Waals surface area contributed by atoms with E-state index in [1.165, 1.54) is 0 Å². The quantitative estimate of drug-likeness (QED) is 0.802. The van der Waals surface area contributed by atoms with E-state index in [0.29, 0.717) is 17.7 Å². The molecule has 3 nitrogen and oxygen atoms in total. The summed E-state index contributed by atoms with van der Waals surface area (Å²) in [7, 11) is 1.61. The average molecular weight is 268 g/mol. The van der Waals surface area contributed by atoms with Gasteiger partial charge in [-0.3, -0.25) is 4.79 Å². The van der Waals surface area contributed by atoms with Crippen LogP contribution in [0.5, 0.6) is 11.5 Å². The number of para-hydroxylation sites is 1. The summed E-state index contributed by atoms with van der Waals surface area (Å²) in [6, 6.07) is 12.9. The first-order valence-corrected chi connectivity index (χ1v) is 6.73. The molecular weight excluding hydrogens is 252 g/mol. The van der Waals surface area contributed by atoms with E-state index in [2.05, 4.69) is 0 Å². The summed E-state index contributed by atoms with van der Waals surface area (Å²) in [5.41, 5.74) is 2.41. The van der Waals surface area contributed by atoms with Crippen molar-refractivity contribution in [1.29, 1.82) is 0 Å². The third-order valence-electron chi connectivity index (χ3n) is 3.53. The number of fused-ring (bicyclic) bond motifs is 1. The predicted molar refractivity (Wildman–Crippen MR) is 76.7 cm³/mol. The van der Waals surface area contributed by atoms with Crippen LogP contribution in [0.1, 0.15) is 27.9 Å². The number of benzene rings is 2. The molecule has 0 amide bonds. The zero-order valence-corrected chi connectivity index (χ0v) is 11.4. The van der Waals surface area contributed by atoms with Gasteiger partial charge in [-0.2, -0.15) is 0 Å². The molecule has 0 aliphatic carbocycles. The van der Waals surface area contributed by atoms with Gasteiger partial charge in [0, 0.05) is 5.56 Å². The van der Waals surface area contributed by atoms with Crippen LogP contribution in [0.25, 0.3) is 0 Å². The SMILES string of the molecule is COc1ccc(C(=O)c2cccc3c2OCCC3)cc1. The normalized spacial score (nSPS) is 13.2. The van der Waals surface area contributed by atoms with Gasteiger partial charge in [0.2, 0.25) is 0 Å². The summed E-state index contributed by atoms with van der Waals surface area (Å²) >= 11 is 0. The molecular formula is C17H16O3. The molecule has 0 radical (unpaired) electrons. The Kier molecular flexibility index (Phi) is 3.42. The van der Waals surface area contributed by atoms with E-state index < -0.39 is 0 Å². The van der Waals surface area contributed by atoms with Gasteiger partial charge in [-0.15, -0.1) is 0 Å². The number of ether oxygens (including phenoxy) is 2. The largest absolute Gasteiger partial charge is 0.497 e. The molecule has 1 aliphatic heterocycles. The Hall–Kier alpha value is -2.29. The van der Waals surface area contributed by atoms with Crippen LogP contribution in [-0.2, 0) is 6.42 Å². The van der Waals surface area contributed by atoms with Crippen LogP contribution in [0.2, 0.25) is 0 Å². The fourth-order valence-electron chi connectivity index (χ4n) is 2.47. The third kappa shape index (κ3) is 2.27. The van der Waals surface area contributed by atoms with Gasteiger partial charge >= 0.3 is 0 Å². The molecule has 0 N–H and O–H groups in total. The highest BCUT2D eigenvalue weighted by atomic mass is 16.5. The molecule has 0 fully saturated rings. The van der Waals surface area contributed by atoms with E-state index in [1.54, 1.807) is 31.4 Å². The maximum absolute atomic E-state index is 12.6. The maximum atomic E-state index is 12.6. The van der Waals surface area contributed by atoms with Gasteiger partial charge in [0.25, 0.3) is 0 Å². The highest BCUT2D eigenvalue weighted by Crippen LogP contribution is 2.30. The fraction of sp³-hybridized carbons (Fsp3) is 0.235. The van der Waals surface area contributed by atoms with Crippen LogP contribution in [0.4, 0.5) is 0 Å². The Morgan fingerprint density at radius 1 is 1.15 bits per heavy atom. The monoisotopic (exact) mass is 268 g/mol. The van der Waals surface area contributed by atoms with E-state index in [1.807, 2.05) is 18.2 Å². The molecule has 0 aromatic heterocycles. The highest BCUT2D eigenvalue weighted by molar-refractivity contribution is 6.11. The lowest BCUT2D eigenvalue weighted by Crippen LogP contribution is -2.13. The van der Waals surface area contributed by atoms with Crippen molar-refractivity contribution in [2.45, 2.75) is 12.8 Å². The van der Waals surface area contributed by atoms with Gasteiger partial charge in [-0.05, 0) is 48.7 Å². The molecule has 0 atom stereocenters. The van der Waals surface area contributed by atoms with Crippen LogP contribution in [0, 0.1) is 0 Å². The molecule has 0 bridgehead atoms. The standard InChI is InChI=1S/C17H16O3/c1-19-14-9-7-12(8-10-14)16(18)15-6-2-4-13-5-3-11-20-17(13)15/h2,4,6-10H,3,5,11H2,1H3. The Labute approximate surface area is 118 Å². The lowest BCUT2D eigenvalue weighted by molar-refractivity contribution is 0.103. The van der Waals surface area contributed by atoms with Crippen molar-refractivity contribution in [1.82, 2.24) is 0 Å². The molecule has 3 rings (SSSR count). The second-order valence-corrected chi connectivity index (χ2v) is 4.80. The van der Waals surface area contributed by atoms with Crippen LogP contribution in [0.15, 0.2) is 42.5 Å². The fourth-order valence-corrected chi connectivity index (χ4v) is 2.47. The van der Waals surface area contributed by atoms with Crippen LogP contribution in [0.3, 0.4) is 0 Å². The minimum atomic E-state index is -0.00796. The Bertz CT molecular complexity index is 629. The van der Waals surface area contributed by atoms with E-state index >= 15 is 0 Å². The van der Waals surface area contributed by atoms with E-state index in [0.717, 1.165) is 29.9 Å². The van der Waals surface area contributed by atoms with Gasteiger partial charge in [0.15, 0.2) is 5.78 Å². The second kappa shape index (κ2) is 5.37. The number of methoxy groups -OCH3 is 1. The number of rotatable bonds is 3. The molecule has 1 heterocycles.